The van der Waals surface area contributed by atoms with Crippen molar-refractivity contribution in [1.29, 1.82) is 5.26 Å². The van der Waals surface area contributed by atoms with Crippen LogP contribution in [0.1, 0.15) is 12.6 Å². The largest absolute Gasteiger partial charge is 0.276 e. The van der Waals surface area contributed by atoms with E-state index in [4.69, 9.17) is 5.26 Å². The molecule has 1 unspecified atom stereocenters. The second-order valence-corrected chi connectivity index (χ2v) is 5.53. The van der Waals surface area contributed by atoms with Crippen LogP contribution in [0.25, 0.3) is 0 Å². The Morgan fingerprint density at radius 3 is 2.88 bits per heavy atom. The summed E-state index contributed by atoms with van der Waals surface area (Å²) in [6.07, 6.45) is 2.31. The van der Waals surface area contributed by atoms with Gasteiger partial charge in [0.1, 0.15) is 0 Å². The average molecular weight is 242 g/mol. The van der Waals surface area contributed by atoms with E-state index in [9.17, 15) is 8.42 Å². The number of nitrogens with zero attached hydrogens (tertiary/aromatic N) is 3. The minimum atomic E-state index is -3.52. The molecular formula is C9H14N4O2S. The van der Waals surface area contributed by atoms with E-state index in [1.807, 2.05) is 6.07 Å². The minimum absolute atomic E-state index is 0.255. The zero-order chi connectivity index (χ0) is 12.2. The van der Waals surface area contributed by atoms with Gasteiger partial charge in [0.2, 0.25) is 10.0 Å². The zero-order valence-corrected chi connectivity index (χ0v) is 10.0. The highest BCUT2D eigenvalue weighted by Gasteiger charge is 2.18. The first-order chi connectivity index (χ1) is 7.45. The number of hydrogen-bond acceptors (Lipinski definition) is 4. The first kappa shape index (κ1) is 12.7. The molecule has 0 spiro atoms. The summed E-state index contributed by atoms with van der Waals surface area (Å²) in [4.78, 5) is 0. The molecule has 16 heavy (non-hydrogen) atoms. The Balaban J connectivity index is 2.45. The number of nitrogens with one attached hydrogen (secondary N) is 1. The molecule has 1 aromatic rings. The summed E-state index contributed by atoms with van der Waals surface area (Å²) in [7, 11) is -1.72. The van der Waals surface area contributed by atoms with Crippen molar-refractivity contribution in [2.24, 2.45) is 7.05 Å². The van der Waals surface area contributed by atoms with Crippen molar-refractivity contribution in [3.05, 3.63) is 18.0 Å². The Bertz CT molecular complexity index is 486. The fraction of sp³-hybridized carbons (Fsp3) is 0.556. The van der Waals surface area contributed by atoms with E-state index in [1.165, 1.54) is 6.92 Å². The predicted octanol–water partition coefficient (Wildman–Crippen LogP) is -0.206. The lowest BCUT2D eigenvalue weighted by Gasteiger charge is -2.06. The topological polar surface area (TPSA) is 87.8 Å². The molecule has 0 aromatic carbocycles. The predicted molar refractivity (Wildman–Crippen MR) is 58.9 cm³/mol. The molecule has 1 atom stereocenters. The van der Waals surface area contributed by atoms with Crippen molar-refractivity contribution < 1.29 is 8.42 Å². The van der Waals surface area contributed by atoms with E-state index in [1.54, 1.807) is 24.0 Å². The maximum atomic E-state index is 11.4. The van der Waals surface area contributed by atoms with E-state index in [0.29, 0.717) is 6.42 Å². The Morgan fingerprint density at radius 2 is 2.38 bits per heavy atom. The molecule has 0 saturated heterocycles. The molecule has 1 rings (SSSR count). The van der Waals surface area contributed by atoms with Crippen molar-refractivity contribution in [3.63, 3.8) is 0 Å². The highest BCUT2D eigenvalue weighted by Crippen LogP contribution is 1.98. The van der Waals surface area contributed by atoms with Crippen LogP contribution in [-0.2, 0) is 23.5 Å². The Kier molecular flexibility index (Phi) is 4.04. The molecule has 7 heteroatoms. The van der Waals surface area contributed by atoms with Gasteiger partial charge in [0.25, 0.3) is 0 Å². The highest BCUT2D eigenvalue weighted by atomic mass is 32.2. The molecule has 0 saturated carbocycles. The molecule has 88 valence electrons. The smallest absolute Gasteiger partial charge is 0.227 e. The van der Waals surface area contributed by atoms with Gasteiger partial charge in [-0.05, 0) is 13.0 Å². The summed E-state index contributed by atoms with van der Waals surface area (Å²) in [5.41, 5.74) is 0.815. The summed E-state index contributed by atoms with van der Waals surface area (Å²) in [6.45, 7) is 1.61. The maximum Gasteiger partial charge on any atom is 0.227 e. The first-order valence-electron chi connectivity index (χ1n) is 4.82. The molecule has 6 nitrogen and oxygen atoms in total. The molecule has 0 amide bonds. The molecule has 1 heterocycles. The number of aromatic nitrogens is 2. The van der Waals surface area contributed by atoms with Gasteiger partial charge in [0, 0.05) is 26.2 Å². The molecule has 0 radical (unpaired) electrons. The zero-order valence-electron chi connectivity index (χ0n) is 9.21. The van der Waals surface area contributed by atoms with Gasteiger partial charge in [-0.1, -0.05) is 0 Å². The van der Waals surface area contributed by atoms with Crippen molar-refractivity contribution in [2.45, 2.75) is 18.6 Å². The number of hydrogen-bond donors (Lipinski definition) is 1. The molecule has 0 aliphatic heterocycles. The molecule has 0 aliphatic carbocycles. The van der Waals surface area contributed by atoms with Gasteiger partial charge < -0.3 is 0 Å². The van der Waals surface area contributed by atoms with E-state index >= 15 is 0 Å². The van der Waals surface area contributed by atoms with Gasteiger partial charge in [-0.3, -0.25) is 4.68 Å². The van der Waals surface area contributed by atoms with Gasteiger partial charge in [-0.25, -0.2) is 13.1 Å². The van der Waals surface area contributed by atoms with Crippen molar-refractivity contribution in [3.8, 4) is 6.07 Å². The van der Waals surface area contributed by atoms with E-state index in [2.05, 4.69) is 9.82 Å². The number of aryl methyl sites for hydroxylation is 1. The highest BCUT2D eigenvalue weighted by molar-refractivity contribution is 7.90. The standard InChI is InChI=1S/C9H14N4O2S/c1-8(7-10)16(14,15)11-5-3-9-4-6-13(2)12-9/h4,6,8,11H,3,5H2,1-2H3. The number of rotatable bonds is 5. The second-order valence-electron chi connectivity index (χ2n) is 3.44. The normalized spacial score (nSPS) is 13.3. The van der Waals surface area contributed by atoms with Crippen molar-refractivity contribution >= 4 is 10.0 Å². The summed E-state index contributed by atoms with van der Waals surface area (Å²) < 4.78 is 26.8. The van der Waals surface area contributed by atoms with Crippen LogP contribution in [0.5, 0.6) is 0 Å². The molecule has 0 bridgehead atoms. The minimum Gasteiger partial charge on any atom is -0.276 e. The van der Waals surface area contributed by atoms with Gasteiger partial charge in [-0.2, -0.15) is 10.4 Å². The third-order valence-electron chi connectivity index (χ3n) is 2.10. The van der Waals surface area contributed by atoms with Crippen LogP contribution in [0.2, 0.25) is 0 Å². The Morgan fingerprint density at radius 1 is 1.69 bits per heavy atom. The van der Waals surface area contributed by atoms with Crippen LogP contribution in [0.3, 0.4) is 0 Å². The van der Waals surface area contributed by atoms with Crippen LogP contribution in [0.15, 0.2) is 12.3 Å². The fourth-order valence-electron chi connectivity index (χ4n) is 1.11. The van der Waals surface area contributed by atoms with Crippen molar-refractivity contribution in [1.82, 2.24) is 14.5 Å². The summed E-state index contributed by atoms with van der Waals surface area (Å²) >= 11 is 0. The number of sulfonamides is 1. The van der Waals surface area contributed by atoms with Crippen LogP contribution in [-0.4, -0.2) is 30.0 Å². The van der Waals surface area contributed by atoms with Crippen LogP contribution >= 0.6 is 0 Å². The molecule has 1 N–H and O–H groups in total. The quantitative estimate of drug-likeness (QED) is 0.774. The molecule has 0 aliphatic rings. The van der Waals surface area contributed by atoms with E-state index < -0.39 is 15.3 Å². The van der Waals surface area contributed by atoms with Crippen molar-refractivity contribution in [2.75, 3.05) is 6.54 Å². The van der Waals surface area contributed by atoms with Gasteiger partial charge in [0.05, 0.1) is 11.8 Å². The third kappa shape index (κ3) is 3.32. The van der Waals surface area contributed by atoms with Gasteiger partial charge in [0.15, 0.2) is 5.25 Å². The Labute approximate surface area is 94.9 Å². The lowest BCUT2D eigenvalue weighted by molar-refractivity contribution is 0.576. The lowest BCUT2D eigenvalue weighted by atomic mass is 10.3. The van der Waals surface area contributed by atoms with Crippen LogP contribution < -0.4 is 4.72 Å². The van der Waals surface area contributed by atoms with Crippen LogP contribution in [0.4, 0.5) is 0 Å². The summed E-state index contributed by atoms with van der Waals surface area (Å²) in [5.74, 6) is 0. The SMILES string of the molecule is CC(C#N)S(=O)(=O)NCCc1ccn(C)n1. The first-order valence-corrected chi connectivity index (χ1v) is 6.37. The van der Waals surface area contributed by atoms with Crippen LogP contribution in [0, 0.1) is 11.3 Å². The maximum absolute atomic E-state index is 11.4. The summed E-state index contributed by atoms with van der Waals surface area (Å²) in [5, 5.41) is 11.6. The lowest BCUT2D eigenvalue weighted by Crippen LogP contribution is -2.33. The van der Waals surface area contributed by atoms with E-state index in [0.717, 1.165) is 5.69 Å². The monoisotopic (exact) mass is 242 g/mol. The fourth-order valence-corrected chi connectivity index (χ4v) is 1.89. The molecular weight excluding hydrogens is 228 g/mol. The van der Waals surface area contributed by atoms with Gasteiger partial charge in [-0.15, -0.1) is 0 Å². The molecule has 0 fully saturated rings. The Hall–Kier alpha value is -1.39. The average Bonchev–Trinajstić information content (AvgIpc) is 2.62. The number of nitriles is 1. The van der Waals surface area contributed by atoms with E-state index in [-0.39, 0.29) is 6.54 Å². The van der Waals surface area contributed by atoms with Gasteiger partial charge >= 0.3 is 0 Å². The second kappa shape index (κ2) is 5.09. The third-order valence-corrected chi connectivity index (χ3v) is 3.74. The molecule has 1 aromatic heterocycles. The summed E-state index contributed by atoms with van der Waals surface area (Å²) in [6, 6.07) is 3.51.